The number of allylic oxidation sites excluding steroid dienone is 2. The second-order valence-corrected chi connectivity index (χ2v) is 7.50. The Morgan fingerprint density at radius 1 is 1.25 bits per heavy atom. The molecule has 16 heavy (non-hydrogen) atoms. The van der Waals surface area contributed by atoms with Gasteiger partial charge in [0.25, 0.3) is 0 Å². The number of carbonyl (C=O) groups excluding carboxylic acids is 1. The Bertz CT molecular complexity index is 334. The van der Waals surface area contributed by atoms with Crippen molar-refractivity contribution in [3.8, 4) is 0 Å². The van der Waals surface area contributed by atoms with Crippen LogP contribution in [0.2, 0.25) is 0 Å². The molecule has 0 spiro atoms. The molecule has 94 valence electrons. The molecule has 0 aliphatic carbocycles. The molecule has 0 aromatic heterocycles. The van der Waals surface area contributed by atoms with Gasteiger partial charge in [-0.2, -0.15) is 0 Å². The molecule has 0 N–H and O–H groups in total. The zero-order valence-corrected chi connectivity index (χ0v) is 11.5. The summed E-state index contributed by atoms with van der Waals surface area (Å²) in [5.41, 5.74) is 0.228. The van der Waals surface area contributed by atoms with Gasteiger partial charge < -0.3 is 0 Å². The van der Waals surface area contributed by atoms with Crippen molar-refractivity contribution in [3.05, 3.63) is 11.3 Å². The Labute approximate surface area is 96.0 Å². The van der Waals surface area contributed by atoms with Crippen molar-refractivity contribution in [2.45, 2.75) is 26.4 Å². The molecule has 1 aliphatic heterocycles. The molecular formula is C10H19O5P. The predicted molar refractivity (Wildman–Crippen MR) is 61.9 cm³/mol. The fraction of sp³-hybridized carbons (Fsp3) is 0.700. The Kier molecular flexibility index (Phi) is 3.46. The molecule has 1 unspecified atom stereocenters. The Morgan fingerprint density at radius 2 is 1.69 bits per heavy atom. The third-order valence-corrected chi connectivity index (χ3v) is 7.20. The van der Waals surface area contributed by atoms with E-state index in [2.05, 4.69) is 0 Å². The van der Waals surface area contributed by atoms with Crippen LogP contribution in [0.3, 0.4) is 0 Å². The van der Waals surface area contributed by atoms with E-state index in [1.54, 1.807) is 6.92 Å². The van der Waals surface area contributed by atoms with Gasteiger partial charge in [-0.1, -0.05) is 0 Å². The van der Waals surface area contributed by atoms with Crippen LogP contribution in [-0.2, 0) is 22.9 Å². The summed E-state index contributed by atoms with van der Waals surface area (Å²) in [7, 11) is 0.740. The van der Waals surface area contributed by atoms with Gasteiger partial charge in [-0.3, -0.25) is 0 Å². The van der Waals surface area contributed by atoms with Gasteiger partial charge in [0.15, 0.2) is 0 Å². The number of ketones is 1. The van der Waals surface area contributed by atoms with E-state index in [9.17, 15) is 4.79 Å². The van der Waals surface area contributed by atoms with Crippen LogP contribution >= 0.6 is 7.51 Å². The van der Waals surface area contributed by atoms with Crippen molar-refractivity contribution < 1.29 is 22.9 Å². The second-order valence-electron chi connectivity index (χ2n) is 3.71. The van der Waals surface area contributed by atoms with Gasteiger partial charge in [-0.05, 0) is 0 Å². The average molecular weight is 250 g/mol. The Morgan fingerprint density at radius 3 is 1.88 bits per heavy atom. The van der Waals surface area contributed by atoms with E-state index >= 15 is 0 Å². The molecule has 0 aromatic carbocycles. The van der Waals surface area contributed by atoms with Gasteiger partial charge in [0.2, 0.25) is 0 Å². The van der Waals surface area contributed by atoms with Crippen molar-refractivity contribution in [2.75, 3.05) is 21.3 Å². The summed E-state index contributed by atoms with van der Waals surface area (Å²) in [4.78, 5) is 11.6. The predicted octanol–water partition coefficient (Wildman–Crippen LogP) is 2.42. The first-order chi connectivity index (χ1) is 7.36. The molecule has 0 aromatic rings. The van der Waals surface area contributed by atoms with Crippen LogP contribution in [0.4, 0.5) is 0 Å². The minimum atomic E-state index is -3.67. The maximum atomic E-state index is 11.6. The van der Waals surface area contributed by atoms with Gasteiger partial charge in [0.1, 0.15) is 0 Å². The molecule has 1 rings (SSSR count). The summed E-state index contributed by atoms with van der Waals surface area (Å²) in [5, 5.41) is 0. The first-order valence-electron chi connectivity index (χ1n) is 4.99. The van der Waals surface area contributed by atoms with E-state index in [0.717, 1.165) is 0 Å². The zero-order chi connectivity index (χ0) is 12.6. The molecule has 0 amide bonds. The van der Waals surface area contributed by atoms with Gasteiger partial charge >= 0.3 is 95.3 Å². The summed E-state index contributed by atoms with van der Waals surface area (Å²) >= 11 is 0. The number of rotatable bonds is 4. The summed E-state index contributed by atoms with van der Waals surface area (Å²) in [6.45, 7) is 5.04. The maximum absolute atomic E-state index is 11.6. The molecule has 0 saturated carbocycles. The summed E-state index contributed by atoms with van der Waals surface area (Å²) in [6, 6.07) is 0. The topological polar surface area (TPSA) is 54.0 Å². The van der Waals surface area contributed by atoms with E-state index in [0.29, 0.717) is 11.3 Å². The first-order valence-corrected chi connectivity index (χ1v) is 6.96. The molecule has 6 heteroatoms. The number of Topliss-reactive ketones (excluding diaryl/α,β-unsaturated/α-hetero) is 1. The van der Waals surface area contributed by atoms with E-state index in [1.807, 2.05) is 6.92 Å². The van der Waals surface area contributed by atoms with Crippen LogP contribution in [0.5, 0.6) is 0 Å². The van der Waals surface area contributed by atoms with Crippen molar-refractivity contribution in [2.24, 2.45) is 0 Å². The van der Waals surface area contributed by atoms with E-state index in [4.69, 9.17) is 18.1 Å². The number of hydrogen-bond donors (Lipinski definition) is 0. The quantitative estimate of drug-likeness (QED) is 0.717. The van der Waals surface area contributed by atoms with Crippen molar-refractivity contribution in [1.29, 1.82) is 0 Å². The van der Waals surface area contributed by atoms with Crippen LogP contribution in [0.15, 0.2) is 11.3 Å². The van der Waals surface area contributed by atoms with Gasteiger partial charge in [-0.25, -0.2) is 0 Å². The molecule has 1 aliphatic rings. The van der Waals surface area contributed by atoms with Crippen LogP contribution < -0.4 is 0 Å². The molecule has 1 atom stereocenters. The fourth-order valence-electron chi connectivity index (χ4n) is 2.23. The molecule has 0 fully saturated rings. The Hall–Kier alpha value is -0.480. The molecule has 0 bridgehead atoms. The summed E-state index contributed by atoms with van der Waals surface area (Å²) < 4.78 is 21.9. The van der Waals surface area contributed by atoms with Crippen molar-refractivity contribution in [3.63, 3.8) is 0 Å². The van der Waals surface area contributed by atoms with Gasteiger partial charge in [-0.15, -0.1) is 0 Å². The Balaban J connectivity index is 3.30. The summed E-state index contributed by atoms with van der Waals surface area (Å²) in [5.74, 6) is 0.464. The zero-order valence-electron chi connectivity index (χ0n) is 10.6. The van der Waals surface area contributed by atoms with Gasteiger partial charge in [0.05, 0.1) is 0 Å². The molecule has 0 saturated heterocycles. The normalized spacial score (nSPS) is 29.4. The third-order valence-electron chi connectivity index (χ3n) is 3.10. The molecule has 5 nitrogen and oxygen atoms in total. The molecular weight excluding hydrogens is 231 g/mol. The molecule has 1 heterocycles. The summed E-state index contributed by atoms with van der Waals surface area (Å²) in [6.07, 6.45) is 0. The monoisotopic (exact) mass is 250 g/mol. The van der Waals surface area contributed by atoms with Crippen LogP contribution in [0.25, 0.3) is 0 Å². The van der Waals surface area contributed by atoms with Crippen LogP contribution in [-0.4, -0.2) is 32.8 Å². The van der Waals surface area contributed by atoms with E-state index < -0.39 is 7.51 Å². The van der Waals surface area contributed by atoms with Crippen LogP contribution in [0, 0.1) is 0 Å². The van der Waals surface area contributed by atoms with E-state index in [1.165, 1.54) is 28.3 Å². The molecule has 0 radical (unpaired) electrons. The van der Waals surface area contributed by atoms with Crippen LogP contribution in [0.1, 0.15) is 20.8 Å². The standard InChI is InChI=1S/C10H19O5P/c1-7(11)10-8(2)15-16(12-4,13-5,14-6)9(10)3/h9H,1-6H3. The number of carbonyl (C=O) groups is 1. The number of hydrogen-bond acceptors (Lipinski definition) is 5. The fourth-order valence-corrected chi connectivity index (χ4v) is 5.39. The van der Waals surface area contributed by atoms with Crippen molar-refractivity contribution in [1.82, 2.24) is 0 Å². The van der Waals surface area contributed by atoms with E-state index in [-0.39, 0.29) is 11.4 Å². The average Bonchev–Trinajstić information content (AvgIpc) is 2.49. The second kappa shape index (κ2) is 4.08. The van der Waals surface area contributed by atoms with Gasteiger partial charge in [0, 0.05) is 0 Å². The SMILES string of the molecule is COP1(OC)(OC)OC(C)=C(C(C)=O)C1C. The van der Waals surface area contributed by atoms with Crippen molar-refractivity contribution >= 4 is 13.3 Å². The third kappa shape index (κ3) is 1.51. The minimum absolute atomic E-state index is 0.0531. The first kappa shape index (κ1) is 13.6.